The van der Waals surface area contributed by atoms with E-state index >= 15 is 0 Å². The normalized spacial score (nSPS) is 14.7. The lowest BCUT2D eigenvalue weighted by Gasteiger charge is -2.23. The summed E-state index contributed by atoms with van der Waals surface area (Å²) in [7, 11) is 3.41. The minimum Gasteiger partial charge on any atom is -0.497 e. The summed E-state index contributed by atoms with van der Waals surface area (Å²) in [5, 5.41) is 17.3. The van der Waals surface area contributed by atoms with Gasteiger partial charge in [0.2, 0.25) is 5.91 Å². The van der Waals surface area contributed by atoms with E-state index in [-0.39, 0.29) is 18.4 Å². The standard InChI is InChI=1S/C18H25N3O3/c1-13(14-6-5-7-16(9-14)24-4)8-17(22)19-12-18(2,23)15-10-20-21(3)11-15/h5-7,9-11,13,23H,8,12H2,1-4H3,(H,19,22). The van der Waals surface area contributed by atoms with Gasteiger partial charge >= 0.3 is 0 Å². The van der Waals surface area contributed by atoms with Gasteiger partial charge in [0.05, 0.1) is 19.9 Å². The highest BCUT2D eigenvalue weighted by Gasteiger charge is 2.25. The van der Waals surface area contributed by atoms with E-state index in [0.29, 0.717) is 12.0 Å². The Morgan fingerprint density at radius 2 is 2.25 bits per heavy atom. The first-order valence-corrected chi connectivity index (χ1v) is 7.94. The van der Waals surface area contributed by atoms with Crippen LogP contribution in [0.3, 0.4) is 0 Å². The van der Waals surface area contributed by atoms with Crippen LogP contribution < -0.4 is 10.1 Å². The van der Waals surface area contributed by atoms with E-state index in [0.717, 1.165) is 11.3 Å². The van der Waals surface area contributed by atoms with E-state index in [9.17, 15) is 9.90 Å². The highest BCUT2D eigenvalue weighted by atomic mass is 16.5. The molecule has 2 N–H and O–H groups in total. The number of carbonyl (C=O) groups excluding carboxylic acids is 1. The van der Waals surface area contributed by atoms with Crippen LogP contribution in [0.25, 0.3) is 0 Å². The number of aryl methyl sites for hydroxylation is 1. The molecular weight excluding hydrogens is 306 g/mol. The van der Waals surface area contributed by atoms with Crippen LogP contribution in [0, 0.1) is 0 Å². The van der Waals surface area contributed by atoms with Crippen LogP contribution in [0.15, 0.2) is 36.7 Å². The zero-order chi connectivity index (χ0) is 17.7. The zero-order valence-electron chi connectivity index (χ0n) is 14.6. The number of methoxy groups -OCH3 is 1. The number of benzene rings is 1. The van der Waals surface area contributed by atoms with Gasteiger partial charge < -0.3 is 15.2 Å². The fourth-order valence-electron chi connectivity index (χ4n) is 2.49. The number of aromatic nitrogens is 2. The number of aliphatic hydroxyl groups is 1. The Morgan fingerprint density at radius 1 is 1.50 bits per heavy atom. The number of nitrogens with one attached hydrogen (secondary N) is 1. The van der Waals surface area contributed by atoms with Crippen molar-refractivity contribution in [1.82, 2.24) is 15.1 Å². The third-order valence-corrected chi connectivity index (χ3v) is 4.11. The Hall–Kier alpha value is -2.34. The van der Waals surface area contributed by atoms with Crippen molar-refractivity contribution in [2.75, 3.05) is 13.7 Å². The molecule has 0 aliphatic heterocycles. The maximum atomic E-state index is 12.2. The Balaban J connectivity index is 1.90. The molecule has 1 heterocycles. The average molecular weight is 331 g/mol. The molecule has 0 bridgehead atoms. The second-order valence-corrected chi connectivity index (χ2v) is 6.34. The summed E-state index contributed by atoms with van der Waals surface area (Å²) < 4.78 is 6.83. The Bertz CT molecular complexity index is 694. The van der Waals surface area contributed by atoms with Gasteiger partial charge in [-0.2, -0.15) is 5.10 Å². The molecule has 2 rings (SSSR count). The quantitative estimate of drug-likeness (QED) is 0.813. The minimum absolute atomic E-state index is 0.0587. The smallest absolute Gasteiger partial charge is 0.220 e. The number of carbonyl (C=O) groups is 1. The van der Waals surface area contributed by atoms with Gasteiger partial charge in [-0.1, -0.05) is 19.1 Å². The number of hydrogen-bond acceptors (Lipinski definition) is 4. The number of nitrogens with zero attached hydrogens (tertiary/aromatic N) is 2. The predicted octanol–water partition coefficient (Wildman–Crippen LogP) is 1.95. The molecule has 0 aliphatic carbocycles. The number of ether oxygens (including phenoxy) is 1. The molecule has 1 aromatic heterocycles. The molecule has 24 heavy (non-hydrogen) atoms. The zero-order valence-corrected chi connectivity index (χ0v) is 14.6. The summed E-state index contributed by atoms with van der Waals surface area (Å²) in [6, 6.07) is 7.70. The molecular formula is C18H25N3O3. The first-order chi connectivity index (χ1) is 11.3. The monoisotopic (exact) mass is 331 g/mol. The lowest BCUT2D eigenvalue weighted by molar-refractivity contribution is -0.122. The van der Waals surface area contributed by atoms with Crippen molar-refractivity contribution in [3.05, 3.63) is 47.8 Å². The van der Waals surface area contributed by atoms with E-state index in [1.807, 2.05) is 31.2 Å². The SMILES string of the molecule is COc1cccc(C(C)CC(=O)NCC(C)(O)c2cnn(C)c2)c1. The third-order valence-electron chi connectivity index (χ3n) is 4.11. The maximum Gasteiger partial charge on any atom is 0.220 e. The topological polar surface area (TPSA) is 76.4 Å². The molecule has 1 aromatic carbocycles. The highest BCUT2D eigenvalue weighted by molar-refractivity contribution is 5.77. The number of amides is 1. The summed E-state index contributed by atoms with van der Waals surface area (Å²) in [5.41, 5.74) is 0.568. The van der Waals surface area contributed by atoms with Crippen molar-refractivity contribution in [2.24, 2.45) is 7.05 Å². The molecule has 0 spiro atoms. The second kappa shape index (κ2) is 7.49. The van der Waals surface area contributed by atoms with Crippen LogP contribution in [0.4, 0.5) is 0 Å². The van der Waals surface area contributed by atoms with Crippen LogP contribution >= 0.6 is 0 Å². The van der Waals surface area contributed by atoms with Crippen molar-refractivity contribution < 1.29 is 14.6 Å². The van der Waals surface area contributed by atoms with E-state index in [1.165, 1.54) is 0 Å². The van der Waals surface area contributed by atoms with Crippen LogP contribution in [-0.4, -0.2) is 34.4 Å². The van der Waals surface area contributed by atoms with E-state index in [2.05, 4.69) is 10.4 Å². The van der Waals surface area contributed by atoms with Crippen molar-refractivity contribution >= 4 is 5.91 Å². The molecule has 6 nitrogen and oxygen atoms in total. The number of hydrogen-bond donors (Lipinski definition) is 2. The minimum atomic E-state index is -1.15. The van der Waals surface area contributed by atoms with Crippen molar-refractivity contribution in [3.63, 3.8) is 0 Å². The largest absolute Gasteiger partial charge is 0.497 e. The van der Waals surface area contributed by atoms with Gasteiger partial charge in [-0.25, -0.2) is 0 Å². The Labute approximate surface area is 142 Å². The summed E-state index contributed by atoms with van der Waals surface area (Å²) >= 11 is 0. The molecule has 0 saturated carbocycles. The third kappa shape index (κ3) is 4.58. The van der Waals surface area contributed by atoms with Gasteiger partial charge in [-0.15, -0.1) is 0 Å². The van der Waals surface area contributed by atoms with Crippen LogP contribution in [-0.2, 0) is 17.4 Å². The van der Waals surface area contributed by atoms with E-state index < -0.39 is 5.60 Å². The molecule has 0 aliphatic rings. The van der Waals surface area contributed by atoms with Crippen molar-refractivity contribution in [2.45, 2.75) is 31.8 Å². The van der Waals surface area contributed by atoms with Crippen molar-refractivity contribution in [1.29, 1.82) is 0 Å². The Kier molecular flexibility index (Phi) is 5.62. The van der Waals surface area contributed by atoms with Gasteiger partial charge in [0.1, 0.15) is 11.4 Å². The highest BCUT2D eigenvalue weighted by Crippen LogP contribution is 2.23. The van der Waals surface area contributed by atoms with Gasteiger partial charge in [-0.05, 0) is 30.5 Å². The van der Waals surface area contributed by atoms with Crippen LogP contribution in [0.2, 0.25) is 0 Å². The Morgan fingerprint density at radius 3 is 2.88 bits per heavy atom. The average Bonchev–Trinajstić information content (AvgIpc) is 3.00. The van der Waals surface area contributed by atoms with Gasteiger partial charge in [0.15, 0.2) is 0 Å². The van der Waals surface area contributed by atoms with Gasteiger partial charge in [0, 0.05) is 25.2 Å². The predicted molar refractivity (Wildman–Crippen MR) is 91.8 cm³/mol. The fraction of sp³-hybridized carbons (Fsp3) is 0.444. The second-order valence-electron chi connectivity index (χ2n) is 6.34. The van der Waals surface area contributed by atoms with Gasteiger partial charge in [0.25, 0.3) is 0 Å². The van der Waals surface area contributed by atoms with E-state index in [1.54, 1.807) is 38.2 Å². The number of rotatable bonds is 7. The molecule has 2 unspecified atom stereocenters. The lowest BCUT2D eigenvalue weighted by atomic mass is 9.96. The molecule has 1 amide bonds. The maximum absolute atomic E-state index is 12.2. The van der Waals surface area contributed by atoms with Crippen LogP contribution in [0.1, 0.15) is 37.3 Å². The molecule has 0 radical (unpaired) electrons. The summed E-state index contributed by atoms with van der Waals surface area (Å²) in [6.07, 6.45) is 3.69. The van der Waals surface area contributed by atoms with Crippen molar-refractivity contribution in [3.8, 4) is 5.75 Å². The fourth-order valence-corrected chi connectivity index (χ4v) is 2.49. The molecule has 2 aromatic rings. The van der Waals surface area contributed by atoms with Gasteiger partial charge in [-0.3, -0.25) is 9.48 Å². The first kappa shape index (κ1) is 18.0. The molecule has 6 heteroatoms. The van der Waals surface area contributed by atoms with E-state index in [4.69, 9.17) is 4.74 Å². The summed E-state index contributed by atoms with van der Waals surface area (Å²) in [5.74, 6) is 0.734. The lowest BCUT2D eigenvalue weighted by Crippen LogP contribution is -2.38. The molecule has 130 valence electrons. The summed E-state index contributed by atoms with van der Waals surface area (Å²) in [6.45, 7) is 3.80. The van der Waals surface area contributed by atoms with Crippen LogP contribution in [0.5, 0.6) is 5.75 Å². The molecule has 2 atom stereocenters. The molecule has 0 saturated heterocycles. The summed E-state index contributed by atoms with van der Waals surface area (Å²) in [4.78, 5) is 12.2. The molecule has 0 fully saturated rings. The first-order valence-electron chi connectivity index (χ1n) is 7.94.